The molecule has 0 aliphatic heterocycles. The Kier molecular flexibility index (Phi) is 7.70. The lowest BCUT2D eigenvalue weighted by Gasteiger charge is -2.27. The molecule has 1 amide bonds. The quantitative estimate of drug-likeness (QED) is 0.625. The van der Waals surface area contributed by atoms with Crippen molar-refractivity contribution in [3.05, 3.63) is 33.3 Å². The minimum atomic E-state index is -0.477. The van der Waals surface area contributed by atoms with Gasteiger partial charge in [0, 0.05) is 22.6 Å². The van der Waals surface area contributed by atoms with Gasteiger partial charge in [-0.05, 0) is 57.4 Å². The highest BCUT2D eigenvalue weighted by molar-refractivity contribution is 9.10. The van der Waals surface area contributed by atoms with E-state index in [4.69, 9.17) is 16.3 Å². The summed E-state index contributed by atoms with van der Waals surface area (Å²) in [5, 5.41) is 0.725. The summed E-state index contributed by atoms with van der Waals surface area (Å²) in [5.74, 6) is 0. The Balaban J connectivity index is 2.72. The van der Waals surface area contributed by atoms with Crippen LogP contribution in [0.3, 0.4) is 0 Å². The summed E-state index contributed by atoms with van der Waals surface area (Å²) in [6, 6.07) is 5.77. The number of carbonyl (C=O) groups is 1. The molecule has 0 N–H and O–H groups in total. The van der Waals surface area contributed by atoms with Gasteiger partial charge in [-0.25, -0.2) is 4.79 Å². The normalized spacial score (nSPS) is 11.4. The molecule has 0 atom stereocenters. The zero-order valence-electron chi connectivity index (χ0n) is 13.8. The first kappa shape index (κ1) is 19.3. The van der Waals surface area contributed by atoms with Crippen LogP contribution >= 0.6 is 27.5 Å². The molecule has 5 heteroatoms. The first-order valence-electron chi connectivity index (χ1n) is 7.65. The van der Waals surface area contributed by atoms with Crippen LogP contribution in [0, 0.1) is 0 Å². The minimum absolute atomic E-state index is 0.257. The van der Waals surface area contributed by atoms with E-state index in [1.165, 1.54) is 0 Å². The van der Waals surface area contributed by atoms with Crippen LogP contribution < -0.4 is 0 Å². The van der Waals surface area contributed by atoms with E-state index >= 15 is 0 Å². The van der Waals surface area contributed by atoms with Crippen LogP contribution in [0.1, 0.15) is 46.1 Å². The molecule has 1 aromatic rings. The van der Waals surface area contributed by atoms with Gasteiger partial charge in [0.25, 0.3) is 0 Å². The summed E-state index contributed by atoms with van der Waals surface area (Å²) in [7, 11) is 0. The van der Waals surface area contributed by atoms with E-state index in [0.29, 0.717) is 19.5 Å². The highest BCUT2D eigenvalue weighted by Gasteiger charge is 2.21. The highest BCUT2D eigenvalue weighted by atomic mass is 79.9. The Morgan fingerprint density at radius 1 is 1.32 bits per heavy atom. The number of hydrogen-bond acceptors (Lipinski definition) is 2. The third-order valence-electron chi connectivity index (χ3n) is 3.09. The van der Waals surface area contributed by atoms with Crippen molar-refractivity contribution in [2.45, 2.75) is 52.6 Å². The molecule has 22 heavy (non-hydrogen) atoms. The van der Waals surface area contributed by atoms with Crippen LogP contribution in [0.5, 0.6) is 0 Å². The van der Waals surface area contributed by atoms with Crippen LogP contribution in [-0.2, 0) is 11.2 Å². The van der Waals surface area contributed by atoms with Gasteiger partial charge in [-0.3, -0.25) is 0 Å². The SMILES string of the molecule is CCCCN(CCc1cc(Br)ccc1Cl)C(=O)OC(C)(C)C. The van der Waals surface area contributed by atoms with Crippen LogP contribution in [0.15, 0.2) is 22.7 Å². The fourth-order valence-corrected chi connectivity index (χ4v) is 2.58. The third kappa shape index (κ3) is 7.01. The Bertz CT molecular complexity index is 500. The lowest BCUT2D eigenvalue weighted by molar-refractivity contribution is 0.0249. The maximum Gasteiger partial charge on any atom is 0.410 e. The molecule has 0 bridgehead atoms. The second-order valence-corrected chi connectivity index (χ2v) is 7.63. The van der Waals surface area contributed by atoms with Gasteiger partial charge in [0.15, 0.2) is 0 Å². The van der Waals surface area contributed by atoms with Crippen molar-refractivity contribution in [2.75, 3.05) is 13.1 Å². The van der Waals surface area contributed by atoms with Gasteiger partial charge in [-0.1, -0.05) is 40.9 Å². The Labute approximate surface area is 147 Å². The number of amides is 1. The molecule has 3 nitrogen and oxygen atoms in total. The average molecular weight is 391 g/mol. The summed E-state index contributed by atoms with van der Waals surface area (Å²) in [6.45, 7) is 9.07. The van der Waals surface area contributed by atoms with Gasteiger partial charge in [-0.2, -0.15) is 0 Å². The Morgan fingerprint density at radius 3 is 2.59 bits per heavy atom. The highest BCUT2D eigenvalue weighted by Crippen LogP contribution is 2.22. The van der Waals surface area contributed by atoms with E-state index in [-0.39, 0.29) is 6.09 Å². The van der Waals surface area contributed by atoms with E-state index in [9.17, 15) is 4.79 Å². The van der Waals surface area contributed by atoms with Crippen molar-refractivity contribution in [3.8, 4) is 0 Å². The number of halogens is 2. The van der Waals surface area contributed by atoms with E-state index in [1.54, 1.807) is 4.90 Å². The lowest BCUT2D eigenvalue weighted by Crippen LogP contribution is -2.38. The monoisotopic (exact) mass is 389 g/mol. The van der Waals surface area contributed by atoms with Crippen LogP contribution in [0.4, 0.5) is 4.79 Å². The smallest absolute Gasteiger partial charge is 0.410 e. The number of hydrogen-bond donors (Lipinski definition) is 0. The molecule has 0 saturated carbocycles. The van der Waals surface area contributed by atoms with Crippen LogP contribution in [0.25, 0.3) is 0 Å². The first-order valence-corrected chi connectivity index (χ1v) is 8.82. The molecule has 1 aromatic carbocycles. The maximum atomic E-state index is 12.3. The summed E-state index contributed by atoms with van der Waals surface area (Å²) in [5.41, 5.74) is 0.552. The molecule has 0 heterocycles. The van der Waals surface area contributed by atoms with Crippen molar-refractivity contribution >= 4 is 33.6 Å². The molecule has 0 radical (unpaired) electrons. The second kappa shape index (κ2) is 8.78. The summed E-state index contributed by atoms with van der Waals surface area (Å²) in [6.07, 6.45) is 2.45. The lowest BCUT2D eigenvalue weighted by atomic mass is 10.1. The van der Waals surface area contributed by atoms with Crippen molar-refractivity contribution in [1.82, 2.24) is 4.90 Å². The second-order valence-electron chi connectivity index (χ2n) is 6.31. The zero-order chi connectivity index (χ0) is 16.8. The molecular formula is C17H25BrClNO2. The van der Waals surface area contributed by atoms with Gasteiger partial charge >= 0.3 is 6.09 Å². The third-order valence-corrected chi connectivity index (χ3v) is 3.95. The van der Waals surface area contributed by atoms with Crippen molar-refractivity contribution < 1.29 is 9.53 Å². The van der Waals surface area contributed by atoms with Crippen molar-refractivity contribution in [2.24, 2.45) is 0 Å². The van der Waals surface area contributed by atoms with E-state index < -0.39 is 5.60 Å². The fraction of sp³-hybridized carbons (Fsp3) is 0.588. The fourth-order valence-electron chi connectivity index (χ4n) is 1.96. The number of benzene rings is 1. The zero-order valence-corrected chi connectivity index (χ0v) is 16.1. The number of unbranched alkanes of at least 4 members (excludes halogenated alkanes) is 1. The van der Waals surface area contributed by atoms with Gasteiger partial charge < -0.3 is 9.64 Å². The summed E-state index contributed by atoms with van der Waals surface area (Å²) in [4.78, 5) is 14.1. The summed E-state index contributed by atoms with van der Waals surface area (Å²) < 4.78 is 6.47. The molecule has 0 fully saturated rings. The Hall–Kier alpha value is -0.740. The molecule has 0 saturated heterocycles. The topological polar surface area (TPSA) is 29.5 Å². The van der Waals surface area contributed by atoms with Crippen LogP contribution in [-0.4, -0.2) is 29.7 Å². The van der Waals surface area contributed by atoms with Gasteiger partial charge in [-0.15, -0.1) is 0 Å². The van der Waals surface area contributed by atoms with E-state index in [0.717, 1.165) is 27.9 Å². The number of rotatable bonds is 6. The molecule has 0 aromatic heterocycles. The predicted molar refractivity (Wildman–Crippen MR) is 95.6 cm³/mol. The predicted octanol–water partition coefficient (Wildman–Crippen LogP) is 5.68. The maximum absolute atomic E-state index is 12.3. The molecule has 124 valence electrons. The van der Waals surface area contributed by atoms with Gasteiger partial charge in [0.2, 0.25) is 0 Å². The summed E-state index contributed by atoms with van der Waals surface area (Å²) >= 11 is 9.66. The number of carbonyl (C=O) groups excluding carboxylic acids is 1. The molecule has 0 spiro atoms. The molecule has 0 aliphatic rings. The molecule has 1 rings (SSSR count). The molecular weight excluding hydrogens is 366 g/mol. The first-order chi connectivity index (χ1) is 10.2. The number of ether oxygens (including phenoxy) is 1. The van der Waals surface area contributed by atoms with Gasteiger partial charge in [0.05, 0.1) is 0 Å². The number of nitrogens with zero attached hydrogens (tertiary/aromatic N) is 1. The van der Waals surface area contributed by atoms with Crippen molar-refractivity contribution in [3.63, 3.8) is 0 Å². The largest absolute Gasteiger partial charge is 0.444 e. The minimum Gasteiger partial charge on any atom is -0.444 e. The van der Waals surface area contributed by atoms with E-state index in [1.807, 2.05) is 39.0 Å². The van der Waals surface area contributed by atoms with Crippen LogP contribution in [0.2, 0.25) is 5.02 Å². The Morgan fingerprint density at radius 2 is 2.00 bits per heavy atom. The molecule has 0 unspecified atom stereocenters. The van der Waals surface area contributed by atoms with E-state index in [2.05, 4.69) is 22.9 Å². The van der Waals surface area contributed by atoms with Crippen molar-refractivity contribution in [1.29, 1.82) is 0 Å². The average Bonchev–Trinajstić information content (AvgIpc) is 2.40. The van der Waals surface area contributed by atoms with Gasteiger partial charge in [0.1, 0.15) is 5.60 Å². The molecule has 0 aliphatic carbocycles. The standard InChI is InChI=1S/C17H25BrClNO2/c1-5-6-10-20(16(21)22-17(2,3)4)11-9-13-12-14(18)7-8-15(13)19/h7-8,12H,5-6,9-11H2,1-4H3.